The zero-order valence-electron chi connectivity index (χ0n) is 20.3. The highest BCUT2D eigenvalue weighted by molar-refractivity contribution is 6.30. The Morgan fingerprint density at radius 2 is 1.78 bits per heavy atom. The van der Waals surface area contributed by atoms with Gasteiger partial charge in [-0.15, -0.1) is 0 Å². The van der Waals surface area contributed by atoms with Crippen LogP contribution in [0, 0.1) is 12.8 Å². The number of carbonyl (C=O) groups is 2. The molecule has 37 heavy (non-hydrogen) atoms. The van der Waals surface area contributed by atoms with Crippen molar-refractivity contribution in [1.82, 2.24) is 9.88 Å². The van der Waals surface area contributed by atoms with Gasteiger partial charge in [0.1, 0.15) is 11.4 Å². The minimum absolute atomic E-state index is 0.0184. The van der Waals surface area contributed by atoms with E-state index in [2.05, 4.69) is 5.32 Å². The standard InChI is InChI=1S/C27H26ClF2N3O4/c1-16-11-12-32(15-23(29)30)27(36)24(16)33-14-22(17-5-9-20(37-2)10-6-17)21(26(33)35)13-31-25(34)18-3-7-19(28)8-4-18/h3-12,21-23H,13-15H2,1-2H3,(H,31,34)/t21?,22-/m0/s1. The van der Waals surface area contributed by atoms with Gasteiger partial charge in [0.2, 0.25) is 5.91 Å². The van der Waals surface area contributed by atoms with Crippen LogP contribution in [-0.2, 0) is 11.3 Å². The predicted octanol–water partition coefficient (Wildman–Crippen LogP) is 4.26. The van der Waals surface area contributed by atoms with Crippen LogP contribution in [0.4, 0.5) is 14.5 Å². The number of nitrogens with one attached hydrogen (secondary N) is 1. The Morgan fingerprint density at radius 3 is 2.41 bits per heavy atom. The van der Waals surface area contributed by atoms with Crippen LogP contribution >= 0.6 is 11.6 Å². The van der Waals surface area contributed by atoms with E-state index in [-0.39, 0.29) is 36.5 Å². The summed E-state index contributed by atoms with van der Waals surface area (Å²) in [5.41, 5.74) is 1.12. The molecule has 0 aliphatic carbocycles. The van der Waals surface area contributed by atoms with Crippen LogP contribution < -0.4 is 20.5 Å². The zero-order chi connectivity index (χ0) is 26.7. The highest BCUT2D eigenvalue weighted by Gasteiger charge is 2.43. The van der Waals surface area contributed by atoms with Crippen LogP contribution in [0.1, 0.15) is 27.4 Å². The summed E-state index contributed by atoms with van der Waals surface area (Å²) in [5, 5.41) is 3.31. The van der Waals surface area contributed by atoms with Gasteiger partial charge in [-0.3, -0.25) is 14.4 Å². The van der Waals surface area contributed by atoms with Gasteiger partial charge in [-0.25, -0.2) is 8.78 Å². The van der Waals surface area contributed by atoms with Crippen molar-refractivity contribution in [3.63, 3.8) is 0 Å². The van der Waals surface area contributed by atoms with E-state index in [1.807, 2.05) is 12.1 Å². The number of aryl methyl sites for hydroxylation is 1. The molecule has 0 bridgehead atoms. The van der Waals surface area contributed by atoms with E-state index in [1.165, 1.54) is 11.1 Å². The molecule has 10 heteroatoms. The summed E-state index contributed by atoms with van der Waals surface area (Å²) in [5.74, 6) is -1.15. The molecule has 1 fully saturated rings. The molecule has 3 aromatic rings. The molecule has 1 aromatic heterocycles. The Labute approximate surface area is 217 Å². The molecule has 0 saturated carbocycles. The van der Waals surface area contributed by atoms with Gasteiger partial charge in [-0.2, -0.15) is 0 Å². The molecule has 2 atom stereocenters. The Balaban J connectivity index is 1.66. The monoisotopic (exact) mass is 529 g/mol. The fourth-order valence-electron chi connectivity index (χ4n) is 4.59. The van der Waals surface area contributed by atoms with Crippen LogP contribution in [0.15, 0.2) is 65.6 Å². The van der Waals surface area contributed by atoms with Crippen molar-refractivity contribution in [1.29, 1.82) is 0 Å². The minimum Gasteiger partial charge on any atom is -0.497 e. The summed E-state index contributed by atoms with van der Waals surface area (Å²) >= 11 is 5.90. The smallest absolute Gasteiger partial charge is 0.274 e. The number of ether oxygens (including phenoxy) is 1. The second-order valence-corrected chi connectivity index (χ2v) is 9.28. The molecule has 4 rings (SSSR count). The van der Waals surface area contributed by atoms with Gasteiger partial charge in [-0.1, -0.05) is 23.7 Å². The first-order valence-corrected chi connectivity index (χ1v) is 12.0. The van der Waals surface area contributed by atoms with Crippen molar-refractivity contribution >= 4 is 29.1 Å². The molecule has 1 aliphatic rings. The molecule has 2 amide bonds. The highest BCUT2D eigenvalue weighted by Crippen LogP contribution is 2.37. The van der Waals surface area contributed by atoms with E-state index in [9.17, 15) is 23.2 Å². The zero-order valence-corrected chi connectivity index (χ0v) is 21.0. The number of hydrogen-bond donors (Lipinski definition) is 1. The first kappa shape index (κ1) is 26.3. The third-order valence-corrected chi connectivity index (χ3v) is 6.78. The van der Waals surface area contributed by atoms with Gasteiger partial charge in [-0.05, 0) is 60.5 Å². The summed E-state index contributed by atoms with van der Waals surface area (Å²) in [6.45, 7) is 1.07. The van der Waals surface area contributed by atoms with Crippen molar-refractivity contribution in [2.75, 3.05) is 25.1 Å². The number of amides is 2. The van der Waals surface area contributed by atoms with Gasteiger partial charge in [0, 0.05) is 35.8 Å². The average Bonchev–Trinajstić information content (AvgIpc) is 3.20. The summed E-state index contributed by atoms with van der Waals surface area (Å²) in [4.78, 5) is 40.9. The lowest BCUT2D eigenvalue weighted by Crippen LogP contribution is -2.38. The number of alkyl halides is 2. The second-order valence-electron chi connectivity index (χ2n) is 8.85. The summed E-state index contributed by atoms with van der Waals surface area (Å²) in [7, 11) is 1.55. The summed E-state index contributed by atoms with van der Waals surface area (Å²) < 4.78 is 32.2. The van der Waals surface area contributed by atoms with Gasteiger partial charge in [0.05, 0.1) is 19.6 Å². The third-order valence-electron chi connectivity index (χ3n) is 6.53. The molecule has 1 aliphatic heterocycles. The lowest BCUT2D eigenvalue weighted by atomic mass is 9.88. The molecular weight excluding hydrogens is 504 g/mol. The minimum atomic E-state index is -2.72. The molecule has 194 valence electrons. The van der Waals surface area contributed by atoms with Crippen molar-refractivity contribution < 1.29 is 23.1 Å². The number of aromatic nitrogens is 1. The van der Waals surface area contributed by atoms with Crippen LogP contribution in [-0.4, -0.2) is 43.0 Å². The van der Waals surface area contributed by atoms with Gasteiger partial charge >= 0.3 is 0 Å². The number of carbonyl (C=O) groups excluding carboxylic acids is 2. The van der Waals surface area contributed by atoms with Crippen LogP contribution in [0.25, 0.3) is 0 Å². The molecule has 0 radical (unpaired) electrons. The van der Waals surface area contributed by atoms with E-state index in [1.54, 1.807) is 56.5 Å². The Bertz CT molecular complexity index is 1340. The van der Waals surface area contributed by atoms with Crippen molar-refractivity contribution in [2.24, 2.45) is 5.92 Å². The van der Waals surface area contributed by atoms with E-state index in [4.69, 9.17) is 16.3 Å². The predicted molar refractivity (Wildman–Crippen MR) is 137 cm³/mol. The second kappa shape index (κ2) is 11.1. The molecule has 2 heterocycles. The maximum Gasteiger partial charge on any atom is 0.274 e. The highest BCUT2D eigenvalue weighted by atomic mass is 35.5. The summed E-state index contributed by atoms with van der Waals surface area (Å²) in [6, 6.07) is 15.1. The Hall–Kier alpha value is -3.72. The van der Waals surface area contributed by atoms with E-state index < -0.39 is 24.4 Å². The molecule has 7 nitrogen and oxygen atoms in total. The molecule has 1 saturated heterocycles. The van der Waals surface area contributed by atoms with Crippen LogP contribution in [0.2, 0.25) is 5.02 Å². The fourth-order valence-corrected chi connectivity index (χ4v) is 4.71. The number of hydrogen-bond acceptors (Lipinski definition) is 4. The van der Waals surface area contributed by atoms with E-state index in [0.717, 1.165) is 10.1 Å². The van der Waals surface area contributed by atoms with Crippen molar-refractivity contribution in [3.05, 3.63) is 92.9 Å². The first-order valence-electron chi connectivity index (χ1n) is 11.7. The lowest BCUT2D eigenvalue weighted by molar-refractivity contribution is -0.120. The van der Waals surface area contributed by atoms with E-state index in [0.29, 0.717) is 21.9 Å². The van der Waals surface area contributed by atoms with Crippen molar-refractivity contribution in [2.45, 2.75) is 25.8 Å². The van der Waals surface area contributed by atoms with Crippen molar-refractivity contribution in [3.8, 4) is 5.75 Å². The lowest BCUT2D eigenvalue weighted by Gasteiger charge is -2.20. The Morgan fingerprint density at radius 1 is 1.11 bits per heavy atom. The molecule has 1 unspecified atom stereocenters. The normalized spacial score (nSPS) is 17.4. The number of pyridine rings is 1. The van der Waals surface area contributed by atoms with Crippen LogP contribution in [0.5, 0.6) is 5.75 Å². The largest absolute Gasteiger partial charge is 0.497 e. The maximum absolute atomic E-state index is 13.7. The topological polar surface area (TPSA) is 80.6 Å². The molecule has 1 N–H and O–H groups in total. The quantitative estimate of drug-likeness (QED) is 0.473. The molecule has 2 aromatic carbocycles. The number of nitrogens with zero attached hydrogens (tertiary/aromatic N) is 2. The molecular formula is C27H26ClF2N3O4. The van der Waals surface area contributed by atoms with Gasteiger partial charge < -0.3 is 19.5 Å². The number of benzene rings is 2. The van der Waals surface area contributed by atoms with Gasteiger partial charge in [0.25, 0.3) is 17.9 Å². The number of halogens is 3. The third kappa shape index (κ3) is 5.67. The fraction of sp³-hybridized carbons (Fsp3) is 0.296. The Kier molecular flexibility index (Phi) is 7.92. The molecule has 0 spiro atoms. The first-order chi connectivity index (χ1) is 17.7. The maximum atomic E-state index is 13.7. The SMILES string of the molecule is COc1ccc([C@@H]2CN(c3c(C)ccn(CC(F)F)c3=O)C(=O)C2CNC(=O)c2ccc(Cl)cc2)cc1. The summed E-state index contributed by atoms with van der Waals surface area (Å²) in [6.07, 6.45) is -1.41. The average molecular weight is 530 g/mol. The number of rotatable bonds is 8. The van der Waals surface area contributed by atoms with Gasteiger partial charge in [0.15, 0.2) is 0 Å². The number of anilines is 1. The number of methoxy groups -OCH3 is 1. The van der Waals surface area contributed by atoms with E-state index >= 15 is 0 Å². The van der Waals surface area contributed by atoms with Crippen LogP contribution in [0.3, 0.4) is 0 Å².